The van der Waals surface area contributed by atoms with Gasteiger partial charge in [0.2, 0.25) is 5.91 Å². The second kappa shape index (κ2) is 10.3. The van der Waals surface area contributed by atoms with Crippen LogP contribution in [0.25, 0.3) is 0 Å². The van der Waals surface area contributed by atoms with Gasteiger partial charge in [-0.25, -0.2) is 4.79 Å². The number of anilines is 1. The third kappa shape index (κ3) is 5.94. The summed E-state index contributed by atoms with van der Waals surface area (Å²) in [5, 5.41) is 3.15. The molecule has 1 aliphatic heterocycles. The number of rotatable bonds is 6. The molecule has 0 atom stereocenters. The van der Waals surface area contributed by atoms with E-state index < -0.39 is 11.7 Å². The Hall–Kier alpha value is -2.74. The van der Waals surface area contributed by atoms with Crippen LogP contribution >= 0.6 is 11.6 Å². The number of halogens is 4. The number of nitrogens with zero attached hydrogens (tertiary/aromatic N) is 1. The number of amides is 2. The van der Waals surface area contributed by atoms with Gasteiger partial charge in [-0.2, -0.15) is 13.2 Å². The predicted molar refractivity (Wildman–Crippen MR) is 116 cm³/mol. The molecule has 0 saturated heterocycles. The van der Waals surface area contributed by atoms with Crippen LogP contribution in [0.4, 0.5) is 23.7 Å². The van der Waals surface area contributed by atoms with Gasteiger partial charge in [0.1, 0.15) is 0 Å². The number of unbranched alkanes of at least 4 members (excludes halogenated alkanes) is 1. The van der Waals surface area contributed by atoms with Gasteiger partial charge in [0.25, 0.3) is 0 Å². The zero-order chi connectivity index (χ0) is 23.3. The second-order valence-corrected chi connectivity index (χ2v) is 8.03. The van der Waals surface area contributed by atoms with E-state index in [-0.39, 0.29) is 18.4 Å². The highest BCUT2D eigenvalue weighted by molar-refractivity contribution is 6.34. The number of hydrogen-bond acceptors (Lipinski definition) is 3. The number of hydrogen-bond donors (Lipinski definition) is 1. The molecule has 0 saturated carbocycles. The number of carbonyl (C=O) groups is 2. The van der Waals surface area contributed by atoms with Gasteiger partial charge in [-0.1, -0.05) is 43.1 Å². The largest absolute Gasteiger partial charge is 0.449 e. The van der Waals surface area contributed by atoms with Gasteiger partial charge in [-0.05, 0) is 47.7 Å². The molecule has 2 aromatic carbocycles. The van der Waals surface area contributed by atoms with Crippen molar-refractivity contribution in [2.45, 2.75) is 45.3 Å². The van der Waals surface area contributed by atoms with Gasteiger partial charge in [0, 0.05) is 13.1 Å². The van der Waals surface area contributed by atoms with Crippen molar-refractivity contribution < 1.29 is 27.5 Å². The van der Waals surface area contributed by atoms with Gasteiger partial charge < -0.3 is 15.0 Å². The zero-order valence-corrected chi connectivity index (χ0v) is 18.4. The summed E-state index contributed by atoms with van der Waals surface area (Å²) in [5.41, 5.74) is 1.87. The summed E-state index contributed by atoms with van der Waals surface area (Å²) in [4.78, 5) is 26.4. The van der Waals surface area contributed by atoms with Crippen molar-refractivity contribution in [1.82, 2.24) is 4.90 Å². The lowest BCUT2D eigenvalue weighted by molar-refractivity contribution is -0.137. The Balaban J connectivity index is 1.67. The highest BCUT2D eigenvalue weighted by atomic mass is 35.5. The monoisotopic (exact) mass is 468 g/mol. The lowest BCUT2D eigenvalue weighted by Crippen LogP contribution is -2.37. The molecule has 1 N–H and O–H groups in total. The molecule has 9 heteroatoms. The lowest BCUT2D eigenvalue weighted by Gasteiger charge is -2.30. The maximum Gasteiger partial charge on any atom is 0.416 e. The molecule has 5 nitrogen and oxygen atoms in total. The summed E-state index contributed by atoms with van der Waals surface area (Å²) < 4.78 is 43.4. The third-order valence-corrected chi connectivity index (χ3v) is 5.56. The van der Waals surface area contributed by atoms with E-state index in [0.29, 0.717) is 42.4 Å². The van der Waals surface area contributed by atoms with E-state index in [1.165, 1.54) is 12.1 Å². The maximum absolute atomic E-state index is 12.7. The molecule has 3 rings (SSSR count). The average molecular weight is 469 g/mol. The maximum atomic E-state index is 12.7. The molecule has 1 heterocycles. The number of fused-ring (bicyclic) bond motifs is 1. The smallest absolute Gasteiger partial charge is 0.416 e. The number of nitrogens with one attached hydrogen (secondary N) is 1. The number of carbonyl (C=O) groups excluding carboxylic acids is 2. The Kier molecular flexibility index (Phi) is 7.66. The highest BCUT2D eigenvalue weighted by Gasteiger charge is 2.30. The van der Waals surface area contributed by atoms with Crippen LogP contribution in [-0.2, 0) is 35.1 Å². The van der Waals surface area contributed by atoms with Crippen molar-refractivity contribution in [2.24, 2.45) is 0 Å². The molecule has 32 heavy (non-hydrogen) atoms. The van der Waals surface area contributed by atoms with Crippen LogP contribution in [0.1, 0.15) is 42.0 Å². The number of ether oxygens (including phenoxy) is 1. The van der Waals surface area contributed by atoms with E-state index in [1.54, 1.807) is 11.0 Å². The molecule has 0 unspecified atom stereocenters. The van der Waals surface area contributed by atoms with E-state index in [4.69, 9.17) is 16.3 Å². The first kappa shape index (κ1) is 23.9. The summed E-state index contributed by atoms with van der Waals surface area (Å²) in [7, 11) is 0. The van der Waals surface area contributed by atoms with Crippen molar-refractivity contribution in [3.8, 4) is 0 Å². The Morgan fingerprint density at radius 1 is 1.16 bits per heavy atom. The minimum atomic E-state index is -4.42. The summed E-state index contributed by atoms with van der Waals surface area (Å²) >= 11 is 6.32. The first-order valence-electron chi connectivity index (χ1n) is 10.4. The van der Waals surface area contributed by atoms with Gasteiger partial charge in [-0.3, -0.25) is 4.79 Å². The molecule has 2 aromatic rings. The third-order valence-electron chi connectivity index (χ3n) is 5.24. The molecule has 0 spiro atoms. The number of benzene rings is 2. The van der Waals surface area contributed by atoms with Crippen LogP contribution in [0.15, 0.2) is 36.4 Å². The van der Waals surface area contributed by atoms with E-state index in [2.05, 4.69) is 5.32 Å². The summed E-state index contributed by atoms with van der Waals surface area (Å²) in [6, 6.07) is 7.94. The van der Waals surface area contributed by atoms with Crippen molar-refractivity contribution in [2.75, 3.05) is 18.5 Å². The minimum Gasteiger partial charge on any atom is -0.449 e. The molecule has 0 aliphatic carbocycles. The highest BCUT2D eigenvalue weighted by Crippen LogP contribution is 2.33. The van der Waals surface area contributed by atoms with Crippen LogP contribution in [-0.4, -0.2) is 30.1 Å². The van der Waals surface area contributed by atoms with Crippen LogP contribution < -0.4 is 5.32 Å². The fourth-order valence-electron chi connectivity index (χ4n) is 3.49. The standard InChI is InChI=1S/C23H24ClF3N2O3/c1-2-3-12-32-22(31)29-11-10-18-16(14-29)6-9-19(24)21(18)28-20(30)13-15-4-7-17(8-5-15)23(25,26)27/h4-9H,2-3,10-14H2,1H3,(H,28,30). The minimum absolute atomic E-state index is 0.0893. The van der Waals surface area contributed by atoms with Gasteiger partial charge in [-0.15, -0.1) is 0 Å². The Morgan fingerprint density at radius 3 is 2.53 bits per heavy atom. The van der Waals surface area contributed by atoms with E-state index in [1.807, 2.05) is 13.0 Å². The fourth-order valence-corrected chi connectivity index (χ4v) is 3.72. The summed E-state index contributed by atoms with van der Waals surface area (Å²) in [6.07, 6.45) is -2.64. The SMILES string of the molecule is CCCCOC(=O)N1CCc2c(ccc(Cl)c2NC(=O)Cc2ccc(C(F)(F)F)cc2)C1. The van der Waals surface area contributed by atoms with Crippen LogP contribution in [0, 0.1) is 0 Å². The molecule has 0 fully saturated rings. The Morgan fingerprint density at radius 2 is 1.88 bits per heavy atom. The quantitative estimate of drug-likeness (QED) is 0.542. The molecule has 0 radical (unpaired) electrons. The van der Waals surface area contributed by atoms with Crippen molar-refractivity contribution in [1.29, 1.82) is 0 Å². The normalized spacial score (nSPS) is 13.5. The summed E-state index contributed by atoms with van der Waals surface area (Å²) in [6.45, 7) is 3.17. The van der Waals surface area contributed by atoms with Gasteiger partial charge >= 0.3 is 12.3 Å². The topological polar surface area (TPSA) is 58.6 Å². The fraction of sp³-hybridized carbons (Fsp3) is 0.391. The van der Waals surface area contributed by atoms with Crippen LogP contribution in [0.3, 0.4) is 0 Å². The first-order valence-corrected chi connectivity index (χ1v) is 10.7. The van der Waals surface area contributed by atoms with E-state index >= 15 is 0 Å². The average Bonchev–Trinajstić information content (AvgIpc) is 2.75. The van der Waals surface area contributed by atoms with Gasteiger partial charge in [0.05, 0.1) is 29.3 Å². The second-order valence-electron chi connectivity index (χ2n) is 7.62. The van der Waals surface area contributed by atoms with Crippen molar-refractivity contribution in [3.05, 3.63) is 63.7 Å². The molecule has 1 aliphatic rings. The molecule has 2 amide bonds. The molecule has 172 valence electrons. The lowest BCUT2D eigenvalue weighted by atomic mass is 9.97. The molecular formula is C23H24ClF3N2O3. The Labute approximate surface area is 189 Å². The van der Waals surface area contributed by atoms with Gasteiger partial charge in [0.15, 0.2) is 0 Å². The first-order chi connectivity index (χ1) is 15.2. The predicted octanol–water partition coefficient (Wildman–Crippen LogP) is 5.83. The molecular weight excluding hydrogens is 445 g/mol. The van der Waals surface area contributed by atoms with Crippen molar-refractivity contribution in [3.63, 3.8) is 0 Å². The van der Waals surface area contributed by atoms with E-state index in [9.17, 15) is 22.8 Å². The van der Waals surface area contributed by atoms with Crippen LogP contribution in [0.2, 0.25) is 5.02 Å². The van der Waals surface area contributed by atoms with Crippen LogP contribution in [0.5, 0.6) is 0 Å². The summed E-state index contributed by atoms with van der Waals surface area (Å²) in [5.74, 6) is -0.388. The molecule has 0 aromatic heterocycles. The van der Waals surface area contributed by atoms with Crippen molar-refractivity contribution >= 4 is 29.3 Å². The Bertz CT molecular complexity index is 978. The van der Waals surface area contributed by atoms with E-state index in [0.717, 1.165) is 36.1 Å². The molecule has 0 bridgehead atoms. The number of alkyl halides is 3. The zero-order valence-electron chi connectivity index (χ0n) is 17.6.